The molecule has 144 valence electrons. The number of aromatic nitrogens is 3. The van der Waals surface area contributed by atoms with Gasteiger partial charge in [0, 0.05) is 21.8 Å². The molecule has 0 radical (unpaired) electrons. The van der Waals surface area contributed by atoms with Crippen LogP contribution in [-0.4, -0.2) is 19.9 Å². The molecule has 0 amide bonds. The molecule has 0 saturated heterocycles. The Balaban J connectivity index is 1.76. The van der Waals surface area contributed by atoms with E-state index >= 15 is 0 Å². The number of nitrogens with one attached hydrogen (secondary N) is 2. The minimum absolute atomic E-state index is 0.0669. The molecule has 0 fully saturated rings. The van der Waals surface area contributed by atoms with Crippen molar-refractivity contribution in [2.45, 2.75) is 6.92 Å². The Kier molecular flexibility index (Phi) is 4.92. The maximum absolute atomic E-state index is 11.8. The summed E-state index contributed by atoms with van der Waals surface area (Å²) < 4.78 is 0. The summed E-state index contributed by atoms with van der Waals surface area (Å²) in [7, 11) is 0. The normalized spacial score (nSPS) is 10.7. The van der Waals surface area contributed by atoms with Crippen LogP contribution in [0.1, 0.15) is 5.69 Å². The number of pyridine rings is 1. The highest BCUT2D eigenvalue weighted by Gasteiger charge is 2.24. The summed E-state index contributed by atoms with van der Waals surface area (Å²) in [4.78, 5) is 24.0. The summed E-state index contributed by atoms with van der Waals surface area (Å²) in [5.74, 6) is 0.136. The van der Waals surface area contributed by atoms with E-state index < -0.39 is 4.92 Å². The van der Waals surface area contributed by atoms with E-state index in [-0.39, 0.29) is 17.3 Å². The molecule has 8 nitrogen and oxygen atoms in total. The molecular formula is C20H15ClN6O2. The quantitative estimate of drug-likeness (QED) is 0.338. The number of hydrogen-bond donors (Lipinski definition) is 2. The van der Waals surface area contributed by atoms with Crippen LogP contribution in [0.3, 0.4) is 0 Å². The van der Waals surface area contributed by atoms with Crippen molar-refractivity contribution in [3.8, 4) is 0 Å². The maximum Gasteiger partial charge on any atom is 0.353 e. The second kappa shape index (κ2) is 7.69. The first-order chi connectivity index (χ1) is 14.0. The van der Waals surface area contributed by atoms with E-state index in [2.05, 4.69) is 25.6 Å². The third kappa shape index (κ3) is 3.92. The summed E-state index contributed by atoms with van der Waals surface area (Å²) in [5, 5.41) is 19.3. The molecule has 0 bridgehead atoms. The zero-order valence-corrected chi connectivity index (χ0v) is 16.0. The zero-order valence-electron chi connectivity index (χ0n) is 15.3. The third-order valence-electron chi connectivity index (χ3n) is 4.22. The molecule has 4 rings (SSSR count). The minimum Gasteiger partial charge on any atom is -0.334 e. The summed E-state index contributed by atoms with van der Waals surface area (Å²) in [6.45, 7) is 1.89. The van der Waals surface area contributed by atoms with Gasteiger partial charge in [0.25, 0.3) is 0 Å². The number of nitro groups is 1. The first kappa shape index (κ1) is 18.6. The van der Waals surface area contributed by atoms with Gasteiger partial charge >= 0.3 is 5.69 Å². The lowest BCUT2D eigenvalue weighted by Crippen LogP contribution is -2.06. The number of halogens is 1. The van der Waals surface area contributed by atoms with Crippen molar-refractivity contribution in [2.24, 2.45) is 0 Å². The van der Waals surface area contributed by atoms with Gasteiger partial charge in [-0.3, -0.25) is 15.1 Å². The van der Waals surface area contributed by atoms with Crippen molar-refractivity contribution >= 4 is 51.2 Å². The molecule has 2 aromatic heterocycles. The van der Waals surface area contributed by atoms with E-state index in [1.165, 1.54) is 6.33 Å². The first-order valence-corrected chi connectivity index (χ1v) is 9.04. The van der Waals surface area contributed by atoms with E-state index in [4.69, 9.17) is 11.6 Å². The van der Waals surface area contributed by atoms with E-state index in [9.17, 15) is 10.1 Å². The monoisotopic (exact) mass is 406 g/mol. The van der Waals surface area contributed by atoms with Gasteiger partial charge in [-0.2, -0.15) is 0 Å². The molecule has 0 aliphatic rings. The molecule has 0 saturated carbocycles. The van der Waals surface area contributed by atoms with Crippen LogP contribution in [-0.2, 0) is 0 Å². The van der Waals surface area contributed by atoms with Crippen molar-refractivity contribution in [3.05, 3.63) is 81.8 Å². The second-order valence-electron chi connectivity index (χ2n) is 6.26. The molecule has 29 heavy (non-hydrogen) atoms. The number of rotatable bonds is 5. The van der Waals surface area contributed by atoms with Crippen molar-refractivity contribution in [1.82, 2.24) is 15.0 Å². The van der Waals surface area contributed by atoms with Gasteiger partial charge < -0.3 is 10.6 Å². The van der Waals surface area contributed by atoms with Gasteiger partial charge in [-0.05, 0) is 43.3 Å². The Bertz CT molecular complexity index is 1210. The predicted octanol–water partition coefficient (Wildman–Crippen LogP) is 5.38. The van der Waals surface area contributed by atoms with Crippen LogP contribution in [0.2, 0.25) is 5.02 Å². The summed E-state index contributed by atoms with van der Waals surface area (Å²) in [6.07, 6.45) is 1.26. The number of hydrogen-bond acceptors (Lipinski definition) is 7. The van der Waals surface area contributed by atoms with Gasteiger partial charge in [0.1, 0.15) is 6.33 Å². The number of aryl methyl sites for hydroxylation is 1. The third-order valence-corrected chi connectivity index (χ3v) is 4.48. The van der Waals surface area contributed by atoms with E-state index in [0.717, 1.165) is 11.1 Å². The molecular weight excluding hydrogens is 392 g/mol. The van der Waals surface area contributed by atoms with Crippen LogP contribution < -0.4 is 10.6 Å². The molecule has 2 N–H and O–H groups in total. The molecule has 0 spiro atoms. The summed E-state index contributed by atoms with van der Waals surface area (Å²) in [6, 6.07) is 16.2. The van der Waals surface area contributed by atoms with Crippen LogP contribution in [0.25, 0.3) is 10.9 Å². The number of benzene rings is 2. The number of nitrogens with zero attached hydrogens (tertiary/aromatic N) is 4. The van der Waals surface area contributed by atoms with Gasteiger partial charge in [-0.1, -0.05) is 29.8 Å². The SMILES string of the molecule is Cc1ccc2cccc(Nc3ncnc(Nc4ccc(Cl)cc4)c3[N+](=O)[O-])c2n1. The summed E-state index contributed by atoms with van der Waals surface area (Å²) in [5.41, 5.74) is 2.50. The van der Waals surface area contributed by atoms with Crippen molar-refractivity contribution < 1.29 is 4.92 Å². The average molecular weight is 407 g/mol. The van der Waals surface area contributed by atoms with Crippen LogP contribution >= 0.6 is 11.6 Å². The van der Waals surface area contributed by atoms with Gasteiger partial charge in [-0.25, -0.2) is 9.97 Å². The first-order valence-electron chi connectivity index (χ1n) is 8.66. The molecule has 2 heterocycles. The smallest absolute Gasteiger partial charge is 0.334 e. The largest absolute Gasteiger partial charge is 0.353 e. The van der Waals surface area contributed by atoms with Crippen molar-refractivity contribution in [1.29, 1.82) is 0 Å². The lowest BCUT2D eigenvalue weighted by molar-refractivity contribution is -0.383. The van der Waals surface area contributed by atoms with Crippen LogP contribution in [0.5, 0.6) is 0 Å². The van der Waals surface area contributed by atoms with Crippen LogP contribution in [0.4, 0.5) is 28.7 Å². The van der Waals surface area contributed by atoms with Crippen LogP contribution in [0, 0.1) is 17.0 Å². The molecule has 0 aliphatic heterocycles. The Hall–Kier alpha value is -3.78. The molecule has 2 aromatic carbocycles. The van der Waals surface area contributed by atoms with E-state index in [1.807, 2.05) is 31.2 Å². The van der Waals surface area contributed by atoms with Gasteiger partial charge in [0.15, 0.2) is 0 Å². The fourth-order valence-corrected chi connectivity index (χ4v) is 3.00. The highest BCUT2D eigenvalue weighted by molar-refractivity contribution is 6.30. The van der Waals surface area contributed by atoms with Crippen molar-refractivity contribution in [3.63, 3.8) is 0 Å². The zero-order chi connectivity index (χ0) is 20.4. The standard InChI is InChI=1S/C20H15ClN6O2/c1-12-5-6-13-3-2-4-16(17(13)24-12)26-20-18(27(28)29)19(22-11-23-20)25-15-9-7-14(21)8-10-15/h2-11H,1H3,(H2,22,23,25,26). The predicted molar refractivity (Wildman–Crippen MR) is 113 cm³/mol. The Labute approximate surface area is 170 Å². The lowest BCUT2D eigenvalue weighted by atomic mass is 10.1. The average Bonchev–Trinajstić information content (AvgIpc) is 2.70. The van der Waals surface area contributed by atoms with Gasteiger partial charge in [0.2, 0.25) is 11.6 Å². The van der Waals surface area contributed by atoms with E-state index in [1.54, 1.807) is 30.3 Å². The number of para-hydroxylation sites is 1. The second-order valence-corrected chi connectivity index (χ2v) is 6.70. The molecule has 0 aliphatic carbocycles. The topological polar surface area (TPSA) is 106 Å². The molecule has 9 heteroatoms. The van der Waals surface area contributed by atoms with Gasteiger partial charge in [-0.15, -0.1) is 0 Å². The fraction of sp³-hybridized carbons (Fsp3) is 0.0500. The highest BCUT2D eigenvalue weighted by atomic mass is 35.5. The van der Waals surface area contributed by atoms with Crippen LogP contribution in [0.15, 0.2) is 60.9 Å². The van der Waals surface area contributed by atoms with E-state index in [0.29, 0.717) is 21.9 Å². The fourth-order valence-electron chi connectivity index (χ4n) is 2.88. The lowest BCUT2D eigenvalue weighted by Gasteiger charge is -2.11. The minimum atomic E-state index is -0.523. The van der Waals surface area contributed by atoms with Crippen molar-refractivity contribution in [2.75, 3.05) is 10.6 Å². The Morgan fingerprint density at radius 1 is 0.966 bits per heavy atom. The number of fused-ring (bicyclic) bond motifs is 1. The summed E-state index contributed by atoms with van der Waals surface area (Å²) >= 11 is 5.89. The highest BCUT2D eigenvalue weighted by Crippen LogP contribution is 2.34. The Morgan fingerprint density at radius 2 is 1.69 bits per heavy atom. The molecule has 0 atom stereocenters. The maximum atomic E-state index is 11.8. The Morgan fingerprint density at radius 3 is 2.41 bits per heavy atom. The number of anilines is 4. The molecule has 4 aromatic rings. The van der Waals surface area contributed by atoms with Gasteiger partial charge in [0.05, 0.1) is 16.1 Å². The molecule has 0 unspecified atom stereocenters.